The Hall–Kier alpha value is -1.75. The minimum absolute atomic E-state index is 0.845. The Bertz CT molecular complexity index is 642. The number of benzene rings is 2. The van der Waals surface area contributed by atoms with Gasteiger partial charge in [0.25, 0.3) is 0 Å². The second kappa shape index (κ2) is 5.48. The summed E-state index contributed by atoms with van der Waals surface area (Å²) in [6, 6.07) is 20.1. The van der Waals surface area contributed by atoms with Crippen molar-refractivity contribution in [2.24, 2.45) is 0 Å². The van der Waals surface area contributed by atoms with E-state index < -0.39 is 0 Å². The highest BCUT2D eigenvalue weighted by molar-refractivity contribution is 14.1. The van der Waals surface area contributed by atoms with E-state index in [1.54, 1.807) is 0 Å². The van der Waals surface area contributed by atoms with Gasteiger partial charge in [0.15, 0.2) is 0 Å². The van der Waals surface area contributed by atoms with E-state index >= 15 is 0 Å². The van der Waals surface area contributed by atoms with Crippen LogP contribution in [0.5, 0.6) is 11.5 Å². The van der Waals surface area contributed by atoms with Gasteiger partial charge in [0.2, 0.25) is 0 Å². The second-order valence-electron chi connectivity index (χ2n) is 4.14. The van der Waals surface area contributed by atoms with Crippen LogP contribution in [-0.2, 0) is 0 Å². The molecule has 0 aliphatic heterocycles. The molecule has 0 spiro atoms. The number of nitrogens with zero attached hydrogens (tertiary/aromatic N) is 1. The third-order valence-electron chi connectivity index (χ3n) is 2.79. The van der Waals surface area contributed by atoms with Crippen LogP contribution in [0, 0.1) is 3.57 Å². The van der Waals surface area contributed by atoms with E-state index in [-0.39, 0.29) is 0 Å². The Labute approximate surface area is 125 Å². The second-order valence-corrected chi connectivity index (χ2v) is 5.39. The maximum atomic E-state index is 5.79. The zero-order valence-electron chi connectivity index (χ0n) is 10.2. The van der Waals surface area contributed by atoms with Gasteiger partial charge in [-0.1, -0.05) is 0 Å². The van der Waals surface area contributed by atoms with Gasteiger partial charge in [0.05, 0.1) is 0 Å². The molecule has 2 nitrogen and oxygen atoms in total. The number of hydrogen-bond donors (Lipinski definition) is 0. The lowest BCUT2D eigenvalue weighted by molar-refractivity contribution is 0.482. The lowest BCUT2D eigenvalue weighted by Gasteiger charge is -2.07. The molecule has 0 saturated carbocycles. The van der Waals surface area contributed by atoms with E-state index in [4.69, 9.17) is 4.74 Å². The normalized spacial score (nSPS) is 10.4. The van der Waals surface area contributed by atoms with Crippen molar-refractivity contribution in [3.05, 3.63) is 76.6 Å². The average molecular weight is 361 g/mol. The van der Waals surface area contributed by atoms with Crippen molar-refractivity contribution in [1.82, 2.24) is 4.57 Å². The lowest BCUT2D eigenvalue weighted by Crippen LogP contribution is -1.89. The molecule has 2 aromatic carbocycles. The summed E-state index contributed by atoms with van der Waals surface area (Å²) in [5.74, 6) is 1.70. The molecule has 0 N–H and O–H groups in total. The van der Waals surface area contributed by atoms with Gasteiger partial charge in [-0.2, -0.15) is 0 Å². The molecule has 3 rings (SSSR count). The zero-order chi connectivity index (χ0) is 13.1. The summed E-state index contributed by atoms with van der Waals surface area (Å²) in [5.41, 5.74) is 1.12. The molecule has 0 amide bonds. The quantitative estimate of drug-likeness (QED) is 0.607. The molecule has 3 aromatic rings. The average Bonchev–Trinajstić information content (AvgIpc) is 2.96. The topological polar surface area (TPSA) is 14.2 Å². The Morgan fingerprint density at radius 2 is 1.26 bits per heavy atom. The van der Waals surface area contributed by atoms with Crippen LogP contribution >= 0.6 is 22.6 Å². The third kappa shape index (κ3) is 2.98. The molecule has 94 valence electrons. The number of halogens is 1. The highest BCUT2D eigenvalue weighted by Gasteiger charge is 1.99. The zero-order valence-corrected chi connectivity index (χ0v) is 12.3. The van der Waals surface area contributed by atoms with E-state index in [1.807, 2.05) is 73.1 Å². The number of aromatic nitrogens is 1. The highest BCUT2D eigenvalue weighted by atomic mass is 127. The molecular formula is C16H12INO. The number of ether oxygens (including phenoxy) is 1. The SMILES string of the molecule is Ic1ccc(Oc2ccc(-n3cccc3)cc2)cc1. The molecule has 1 aromatic heterocycles. The van der Waals surface area contributed by atoms with Crippen molar-refractivity contribution in [2.45, 2.75) is 0 Å². The van der Waals surface area contributed by atoms with E-state index in [2.05, 4.69) is 27.2 Å². The first-order chi connectivity index (χ1) is 9.31. The van der Waals surface area contributed by atoms with Crippen molar-refractivity contribution >= 4 is 22.6 Å². The van der Waals surface area contributed by atoms with Crippen LogP contribution in [0.1, 0.15) is 0 Å². The van der Waals surface area contributed by atoms with Crippen LogP contribution in [0.3, 0.4) is 0 Å². The molecule has 0 bridgehead atoms. The van der Waals surface area contributed by atoms with Gasteiger partial charge in [-0.3, -0.25) is 0 Å². The van der Waals surface area contributed by atoms with Gasteiger partial charge in [-0.15, -0.1) is 0 Å². The molecule has 0 radical (unpaired) electrons. The number of rotatable bonds is 3. The van der Waals surface area contributed by atoms with Crippen LogP contribution in [0.2, 0.25) is 0 Å². The van der Waals surface area contributed by atoms with E-state index in [9.17, 15) is 0 Å². The molecule has 0 fully saturated rings. The molecule has 19 heavy (non-hydrogen) atoms. The van der Waals surface area contributed by atoms with Gasteiger partial charge in [-0.25, -0.2) is 0 Å². The smallest absolute Gasteiger partial charge is 0.127 e. The summed E-state index contributed by atoms with van der Waals surface area (Å²) in [4.78, 5) is 0. The van der Waals surface area contributed by atoms with Gasteiger partial charge in [-0.05, 0) is 83.3 Å². The maximum absolute atomic E-state index is 5.79. The summed E-state index contributed by atoms with van der Waals surface area (Å²) in [6.45, 7) is 0. The first kappa shape index (κ1) is 12.3. The molecule has 0 aliphatic rings. The monoisotopic (exact) mass is 361 g/mol. The van der Waals surface area contributed by atoms with Crippen LogP contribution in [0.25, 0.3) is 5.69 Å². The molecular weight excluding hydrogens is 349 g/mol. The standard InChI is InChI=1S/C16H12INO/c17-13-3-7-15(8-4-13)19-16-9-5-14(6-10-16)18-11-1-2-12-18/h1-12H. The molecule has 3 heteroatoms. The Balaban J connectivity index is 1.77. The fourth-order valence-corrected chi connectivity index (χ4v) is 2.19. The first-order valence-corrected chi connectivity index (χ1v) is 7.06. The summed E-state index contributed by atoms with van der Waals surface area (Å²) < 4.78 is 9.06. The van der Waals surface area contributed by atoms with Crippen LogP contribution < -0.4 is 4.74 Å². The van der Waals surface area contributed by atoms with Gasteiger partial charge >= 0.3 is 0 Å². The van der Waals surface area contributed by atoms with E-state index in [0.29, 0.717) is 0 Å². The van der Waals surface area contributed by atoms with Crippen molar-refractivity contribution in [3.63, 3.8) is 0 Å². The molecule has 0 unspecified atom stereocenters. The largest absolute Gasteiger partial charge is 0.457 e. The molecule has 0 aliphatic carbocycles. The van der Waals surface area contributed by atoms with E-state index in [0.717, 1.165) is 17.2 Å². The van der Waals surface area contributed by atoms with Gasteiger partial charge in [0, 0.05) is 21.7 Å². The molecule has 0 saturated heterocycles. The van der Waals surface area contributed by atoms with Crippen LogP contribution in [0.4, 0.5) is 0 Å². The molecule has 1 heterocycles. The summed E-state index contributed by atoms with van der Waals surface area (Å²) in [6.07, 6.45) is 4.05. The lowest BCUT2D eigenvalue weighted by atomic mass is 10.3. The summed E-state index contributed by atoms with van der Waals surface area (Å²) in [7, 11) is 0. The fourth-order valence-electron chi connectivity index (χ4n) is 1.83. The third-order valence-corrected chi connectivity index (χ3v) is 3.51. The van der Waals surface area contributed by atoms with E-state index in [1.165, 1.54) is 3.57 Å². The summed E-state index contributed by atoms with van der Waals surface area (Å²) >= 11 is 2.28. The first-order valence-electron chi connectivity index (χ1n) is 5.98. The predicted octanol–water partition coefficient (Wildman–Crippen LogP) is 4.87. The highest BCUT2D eigenvalue weighted by Crippen LogP contribution is 2.23. The fraction of sp³-hybridized carbons (Fsp3) is 0. The van der Waals surface area contributed by atoms with Gasteiger partial charge in [0.1, 0.15) is 11.5 Å². The minimum atomic E-state index is 0.845. The molecule has 0 atom stereocenters. The van der Waals surface area contributed by atoms with Crippen molar-refractivity contribution in [1.29, 1.82) is 0 Å². The van der Waals surface area contributed by atoms with Crippen LogP contribution in [0.15, 0.2) is 73.1 Å². The predicted molar refractivity (Wildman–Crippen MR) is 85.0 cm³/mol. The van der Waals surface area contributed by atoms with Crippen LogP contribution in [-0.4, -0.2) is 4.57 Å². The Morgan fingerprint density at radius 1 is 0.737 bits per heavy atom. The minimum Gasteiger partial charge on any atom is -0.457 e. The Kier molecular flexibility index (Phi) is 3.55. The van der Waals surface area contributed by atoms with Crippen molar-refractivity contribution in [3.8, 4) is 17.2 Å². The number of hydrogen-bond acceptors (Lipinski definition) is 1. The van der Waals surface area contributed by atoms with Gasteiger partial charge < -0.3 is 9.30 Å². The Morgan fingerprint density at radius 3 is 1.84 bits per heavy atom. The summed E-state index contributed by atoms with van der Waals surface area (Å²) in [5, 5.41) is 0. The maximum Gasteiger partial charge on any atom is 0.127 e. The van der Waals surface area contributed by atoms with Crippen molar-refractivity contribution < 1.29 is 4.74 Å². The van der Waals surface area contributed by atoms with Crippen molar-refractivity contribution in [2.75, 3.05) is 0 Å².